The molecule has 1 heterocycles. The Morgan fingerprint density at radius 2 is 1.92 bits per heavy atom. The highest BCUT2D eigenvalue weighted by molar-refractivity contribution is 5.73. The highest BCUT2D eigenvalue weighted by Crippen LogP contribution is 2.25. The SMILES string of the molecule is CC(=O)N[C@H]1C(O[C@@H]([C@H](O)[C@@H](N)C=O)[C@H](O)CO)O[C@H](CO)[C@@H](O)[C@@H]1O. The van der Waals surface area contributed by atoms with Crippen molar-refractivity contribution in [2.24, 2.45) is 5.73 Å². The number of hydrogen-bond donors (Lipinski definition) is 8. The lowest BCUT2D eigenvalue weighted by atomic mass is 9.96. The highest BCUT2D eigenvalue weighted by Gasteiger charge is 2.47. The molecule has 1 rings (SSSR count). The van der Waals surface area contributed by atoms with Gasteiger partial charge in [-0.2, -0.15) is 0 Å². The zero-order valence-electron chi connectivity index (χ0n) is 14.1. The van der Waals surface area contributed by atoms with E-state index in [4.69, 9.17) is 20.3 Å². The van der Waals surface area contributed by atoms with Gasteiger partial charge in [0.25, 0.3) is 0 Å². The van der Waals surface area contributed by atoms with Gasteiger partial charge in [0.15, 0.2) is 6.29 Å². The molecule has 12 nitrogen and oxygen atoms in total. The molecule has 0 radical (unpaired) electrons. The molecule has 9 N–H and O–H groups in total. The number of carbonyl (C=O) groups is 2. The quantitative estimate of drug-likeness (QED) is 0.176. The van der Waals surface area contributed by atoms with Gasteiger partial charge in [-0.15, -0.1) is 0 Å². The summed E-state index contributed by atoms with van der Waals surface area (Å²) in [6.45, 7) is -0.431. The van der Waals surface area contributed by atoms with Crippen molar-refractivity contribution in [3.8, 4) is 0 Å². The van der Waals surface area contributed by atoms with E-state index >= 15 is 0 Å². The fourth-order valence-electron chi connectivity index (χ4n) is 2.54. The first-order chi connectivity index (χ1) is 12.2. The summed E-state index contributed by atoms with van der Waals surface area (Å²) < 4.78 is 10.7. The molecule has 0 aromatic rings. The zero-order valence-corrected chi connectivity index (χ0v) is 14.1. The van der Waals surface area contributed by atoms with E-state index in [0.29, 0.717) is 0 Å². The van der Waals surface area contributed by atoms with E-state index in [9.17, 15) is 35.1 Å². The van der Waals surface area contributed by atoms with E-state index in [1.54, 1.807) is 0 Å². The number of aliphatic hydroxyl groups excluding tert-OH is 6. The maximum absolute atomic E-state index is 11.4. The first kappa shape index (κ1) is 22.8. The fourth-order valence-corrected chi connectivity index (χ4v) is 2.54. The second-order valence-electron chi connectivity index (χ2n) is 5.99. The monoisotopic (exact) mass is 382 g/mol. The number of amides is 1. The minimum atomic E-state index is -1.76. The zero-order chi connectivity index (χ0) is 20.0. The molecule has 12 heteroatoms. The second-order valence-corrected chi connectivity index (χ2v) is 5.99. The molecule has 1 aliphatic rings. The Morgan fingerprint density at radius 1 is 1.31 bits per heavy atom. The van der Waals surface area contributed by atoms with E-state index in [1.165, 1.54) is 0 Å². The Labute approximate surface area is 149 Å². The minimum Gasteiger partial charge on any atom is -0.394 e. The van der Waals surface area contributed by atoms with Crippen LogP contribution in [0.5, 0.6) is 0 Å². The van der Waals surface area contributed by atoms with Gasteiger partial charge in [-0.1, -0.05) is 0 Å². The highest BCUT2D eigenvalue weighted by atomic mass is 16.7. The van der Waals surface area contributed by atoms with Crippen molar-refractivity contribution in [1.29, 1.82) is 0 Å². The third kappa shape index (κ3) is 5.39. The van der Waals surface area contributed by atoms with Gasteiger partial charge in [0, 0.05) is 6.92 Å². The topological polar surface area (TPSA) is 212 Å². The lowest BCUT2D eigenvalue weighted by Crippen LogP contribution is -2.66. The molecule has 0 aromatic heterocycles. The lowest BCUT2D eigenvalue weighted by molar-refractivity contribution is -0.298. The number of rotatable bonds is 9. The van der Waals surface area contributed by atoms with Crippen LogP contribution in [0, 0.1) is 0 Å². The summed E-state index contributed by atoms with van der Waals surface area (Å²) in [4.78, 5) is 22.1. The van der Waals surface area contributed by atoms with E-state index in [0.717, 1.165) is 6.92 Å². The molecular formula is C14H26N2O10. The first-order valence-corrected chi connectivity index (χ1v) is 7.90. The van der Waals surface area contributed by atoms with Crippen LogP contribution in [0.4, 0.5) is 0 Å². The van der Waals surface area contributed by atoms with Gasteiger partial charge in [-0.3, -0.25) is 4.79 Å². The van der Waals surface area contributed by atoms with Crippen molar-refractivity contribution >= 4 is 12.2 Å². The smallest absolute Gasteiger partial charge is 0.217 e. The molecule has 1 amide bonds. The molecule has 1 fully saturated rings. The largest absolute Gasteiger partial charge is 0.394 e. The number of carbonyl (C=O) groups excluding carboxylic acids is 2. The first-order valence-electron chi connectivity index (χ1n) is 7.90. The Kier molecular flexibility index (Phi) is 8.95. The van der Waals surface area contributed by atoms with Crippen LogP contribution in [0.15, 0.2) is 0 Å². The van der Waals surface area contributed by atoms with Crippen LogP contribution in [-0.2, 0) is 19.1 Å². The summed E-state index contributed by atoms with van der Waals surface area (Å²) in [6, 6.07) is -2.80. The van der Waals surface area contributed by atoms with Crippen molar-refractivity contribution in [3.63, 3.8) is 0 Å². The average Bonchev–Trinajstić information content (AvgIpc) is 2.62. The molecule has 152 valence electrons. The third-order valence-corrected chi connectivity index (χ3v) is 4.00. The van der Waals surface area contributed by atoms with Gasteiger partial charge in [0.05, 0.1) is 19.3 Å². The average molecular weight is 382 g/mol. The molecular weight excluding hydrogens is 356 g/mol. The van der Waals surface area contributed by atoms with Crippen LogP contribution in [0.25, 0.3) is 0 Å². The van der Waals surface area contributed by atoms with Crippen molar-refractivity contribution < 1.29 is 49.7 Å². The Morgan fingerprint density at radius 3 is 2.38 bits per heavy atom. The molecule has 0 saturated carbocycles. The van der Waals surface area contributed by atoms with Gasteiger partial charge in [0.2, 0.25) is 5.91 Å². The van der Waals surface area contributed by atoms with Crippen molar-refractivity contribution in [1.82, 2.24) is 5.32 Å². The van der Waals surface area contributed by atoms with Crippen molar-refractivity contribution in [3.05, 3.63) is 0 Å². The summed E-state index contributed by atoms with van der Waals surface area (Å²) in [5, 5.41) is 60.7. The minimum absolute atomic E-state index is 0.202. The van der Waals surface area contributed by atoms with Gasteiger partial charge < -0.3 is 56.0 Å². The Balaban J connectivity index is 3.09. The van der Waals surface area contributed by atoms with Gasteiger partial charge >= 0.3 is 0 Å². The third-order valence-electron chi connectivity index (χ3n) is 4.00. The number of aldehydes is 1. The second kappa shape index (κ2) is 10.2. The molecule has 1 aliphatic heterocycles. The molecule has 0 aliphatic carbocycles. The molecule has 0 aromatic carbocycles. The van der Waals surface area contributed by atoms with Gasteiger partial charge in [-0.05, 0) is 0 Å². The van der Waals surface area contributed by atoms with E-state index in [-0.39, 0.29) is 6.29 Å². The van der Waals surface area contributed by atoms with E-state index in [1.807, 2.05) is 0 Å². The maximum atomic E-state index is 11.4. The van der Waals surface area contributed by atoms with Gasteiger partial charge in [0.1, 0.15) is 49.0 Å². The molecule has 9 atom stereocenters. The summed E-state index contributed by atoms with van der Waals surface area (Å²) >= 11 is 0. The summed E-state index contributed by atoms with van der Waals surface area (Å²) in [5.74, 6) is -0.606. The van der Waals surface area contributed by atoms with Crippen LogP contribution in [0.2, 0.25) is 0 Å². The molecule has 1 unspecified atom stereocenters. The van der Waals surface area contributed by atoms with E-state index < -0.39 is 74.1 Å². The standard InChI is InChI=1S/C14H26N2O10/c1-5(20)16-9-12(24)11(23)8(4-19)25-14(9)26-13(7(21)3-18)10(22)6(15)2-17/h2,6-14,18-19,21-24H,3-4,15H2,1H3,(H,16,20)/t6-,7+,8+,9+,10+,11+,12+,13+,14?/m0/s1. The fraction of sp³-hybridized carbons (Fsp3) is 0.857. The number of aliphatic hydroxyl groups is 6. The van der Waals surface area contributed by atoms with Crippen LogP contribution >= 0.6 is 0 Å². The van der Waals surface area contributed by atoms with Crippen LogP contribution in [-0.4, -0.2) is 111 Å². The number of nitrogens with two attached hydrogens (primary N) is 1. The van der Waals surface area contributed by atoms with Crippen LogP contribution in [0.1, 0.15) is 6.92 Å². The van der Waals surface area contributed by atoms with E-state index in [2.05, 4.69) is 5.32 Å². The summed E-state index contributed by atoms with van der Waals surface area (Å²) in [5.41, 5.74) is 5.40. The van der Waals surface area contributed by atoms with Gasteiger partial charge in [-0.25, -0.2) is 0 Å². The number of nitrogens with one attached hydrogen (secondary N) is 1. The normalized spacial score (nSPS) is 33.8. The Hall–Kier alpha value is -1.22. The predicted molar refractivity (Wildman–Crippen MR) is 83.4 cm³/mol. The predicted octanol–water partition coefficient (Wildman–Crippen LogP) is -5.44. The van der Waals surface area contributed by atoms with Crippen LogP contribution in [0.3, 0.4) is 0 Å². The van der Waals surface area contributed by atoms with Crippen molar-refractivity contribution in [2.75, 3.05) is 13.2 Å². The molecule has 0 bridgehead atoms. The summed E-state index contributed by atoms with van der Waals surface area (Å²) in [6.07, 6.45) is -10.9. The maximum Gasteiger partial charge on any atom is 0.217 e. The lowest BCUT2D eigenvalue weighted by Gasteiger charge is -2.44. The number of hydrogen-bond acceptors (Lipinski definition) is 11. The summed E-state index contributed by atoms with van der Waals surface area (Å²) in [7, 11) is 0. The molecule has 1 saturated heterocycles. The van der Waals surface area contributed by atoms with Crippen molar-refractivity contribution in [2.45, 2.75) is 61.9 Å². The molecule has 0 spiro atoms. The molecule has 26 heavy (non-hydrogen) atoms. The Bertz CT molecular complexity index is 467. The number of ether oxygens (including phenoxy) is 2. The van der Waals surface area contributed by atoms with Crippen LogP contribution < -0.4 is 11.1 Å².